The summed E-state index contributed by atoms with van der Waals surface area (Å²) in [5.74, 6) is 2.91. The van der Waals surface area contributed by atoms with Crippen molar-refractivity contribution in [2.45, 2.75) is 32.0 Å². The Morgan fingerprint density at radius 1 is 1.07 bits per heavy atom. The topological polar surface area (TPSA) is 71.8 Å². The molecule has 140 valence electrons. The van der Waals surface area contributed by atoms with E-state index in [9.17, 15) is 4.79 Å². The molecule has 0 saturated carbocycles. The molecule has 2 aliphatic rings. The maximum absolute atomic E-state index is 13.0. The van der Waals surface area contributed by atoms with Crippen molar-refractivity contribution in [1.82, 2.24) is 9.47 Å². The number of furan rings is 2. The van der Waals surface area contributed by atoms with Gasteiger partial charge in [-0.25, -0.2) is 0 Å². The molecule has 6 heteroatoms. The number of rotatable bonds is 4. The van der Waals surface area contributed by atoms with Gasteiger partial charge in [-0.15, -0.1) is 0 Å². The van der Waals surface area contributed by atoms with E-state index in [1.165, 1.54) is 0 Å². The van der Waals surface area contributed by atoms with Gasteiger partial charge in [-0.2, -0.15) is 0 Å². The fourth-order valence-corrected chi connectivity index (χ4v) is 4.61. The SMILES string of the molecule is O=c1c(-c2ccco2)ccc2n1C[C@@H]1C[C@@H]2CN(Cc2ccc(CO)o2)C1. The molecule has 1 saturated heterocycles. The second kappa shape index (κ2) is 6.55. The highest BCUT2D eigenvalue weighted by atomic mass is 16.4. The van der Waals surface area contributed by atoms with Gasteiger partial charge in [0.1, 0.15) is 23.9 Å². The third kappa shape index (κ3) is 2.95. The van der Waals surface area contributed by atoms with E-state index in [-0.39, 0.29) is 12.2 Å². The maximum atomic E-state index is 13.0. The van der Waals surface area contributed by atoms with Gasteiger partial charge in [-0.05, 0) is 48.7 Å². The fourth-order valence-electron chi connectivity index (χ4n) is 4.61. The van der Waals surface area contributed by atoms with E-state index < -0.39 is 0 Å². The summed E-state index contributed by atoms with van der Waals surface area (Å²) in [7, 11) is 0. The number of likely N-dealkylation sites (tertiary alicyclic amines) is 1. The Morgan fingerprint density at radius 2 is 1.96 bits per heavy atom. The van der Waals surface area contributed by atoms with Crippen LogP contribution in [0.4, 0.5) is 0 Å². The van der Waals surface area contributed by atoms with Gasteiger partial charge in [0.2, 0.25) is 0 Å². The first-order valence-electron chi connectivity index (χ1n) is 9.39. The predicted molar refractivity (Wildman–Crippen MR) is 99.2 cm³/mol. The Morgan fingerprint density at radius 3 is 2.74 bits per heavy atom. The lowest BCUT2D eigenvalue weighted by molar-refractivity contribution is 0.106. The number of hydrogen-bond donors (Lipinski definition) is 1. The zero-order chi connectivity index (χ0) is 18.4. The third-order valence-electron chi connectivity index (χ3n) is 5.72. The first-order chi connectivity index (χ1) is 13.2. The van der Waals surface area contributed by atoms with E-state index in [1.54, 1.807) is 6.26 Å². The van der Waals surface area contributed by atoms with Crippen molar-refractivity contribution >= 4 is 0 Å². The molecule has 0 amide bonds. The van der Waals surface area contributed by atoms with Crippen molar-refractivity contribution in [2.75, 3.05) is 13.1 Å². The lowest BCUT2D eigenvalue weighted by atomic mass is 9.83. The largest absolute Gasteiger partial charge is 0.464 e. The summed E-state index contributed by atoms with van der Waals surface area (Å²) in [6.45, 7) is 3.27. The summed E-state index contributed by atoms with van der Waals surface area (Å²) < 4.78 is 13.0. The van der Waals surface area contributed by atoms with E-state index in [4.69, 9.17) is 13.9 Å². The van der Waals surface area contributed by atoms with Crippen molar-refractivity contribution < 1.29 is 13.9 Å². The minimum atomic E-state index is -0.0699. The van der Waals surface area contributed by atoms with Crippen LogP contribution < -0.4 is 5.56 Å². The van der Waals surface area contributed by atoms with Gasteiger partial charge in [0, 0.05) is 31.2 Å². The lowest BCUT2D eigenvalue weighted by Gasteiger charge is -2.42. The number of piperidine rings is 1. The molecule has 1 N–H and O–H groups in total. The lowest BCUT2D eigenvalue weighted by Crippen LogP contribution is -2.46. The molecule has 27 heavy (non-hydrogen) atoms. The molecule has 3 aromatic heterocycles. The summed E-state index contributed by atoms with van der Waals surface area (Å²) in [6, 6.07) is 11.4. The van der Waals surface area contributed by atoms with Crippen molar-refractivity contribution in [3.63, 3.8) is 0 Å². The fraction of sp³-hybridized carbons (Fsp3) is 0.381. The highest BCUT2D eigenvalue weighted by molar-refractivity contribution is 5.56. The molecular weight excluding hydrogens is 344 g/mol. The zero-order valence-electron chi connectivity index (χ0n) is 15.0. The smallest absolute Gasteiger partial charge is 0.261 e. The average molecular weight is 366 g/mol. The standard InChI is InChI=1S/C21H22N2O4/c24-13-17-4-3-16(27-17)12-22-9-14-8-15(11-22)19-6-5-18(20-2-1-7-26-20)21(25)23(19)10-14/h1-7,14-15,24H,8-13H2/t14-,15-/m1/s1. The van der Waals surface area contributed by atoms with E-state index >= 15 is 0 Å². The van der Waals surface area contributed by atoms with Crippen LogP contribution in [0.25, 0.3) is 11.3 Å². The highest BCUT2D eigenvalue weighted by Crippen LogP contribution is 2.36. The van der Waals surface area contributed by atoms with Crippen LogP contribution in [-0.2, 0) is 19.7 Å². The minimum absolute atomic E-state index is 0.0456. The Balaban J connectivity index is 1.41. The van der Waals surface area contributed by atoms with Gasteiger partial charge in [0.15, 0.2) is 0 Å². The van der Waals surface area contributed by atoms with Crippen LogP contribution in [0.1, 0.15) is 29.6 Å². The molecule has 2 atom stereocenters. The zero-order valence-corrected chi connectivity index (χ0v) is 15.0. The molecule has 3 aromatic rings. The van der Waals surface area contributed by atoms with Gasteiger partial charge in [-0.3, -0.25) is 9.69 Å². The van der Waals surface area contributed by atoms with Crippen molar-refractivity contribution in [3.05, 3.63) is 70.2 Å². The van der Waals surface area contributed by atoms with E-state index in [2.05, 4.69) is 11.0 Å². The second-order valence-electron chi connectivity index (χ2n) is 7.58. The van der Waals surface area contributed by atoms with Crippen LogP contribution >= 0.6 is 0 Å². The molecule has 0 aromatic carbocycles. The van der Waals surface area contributed by atoms with Crippen LogP contribution in [0.3, 0.4) is 0 Å². The van der Waals surface area contributed by atoms with Gasteiger partial charge in [0.05, 0.1) is 18.4 Å². The number of aliphatic hydroxyl groups excluding tert-OH is 1. The molecule has 2 bridgehead atoms. The number of aromatic nitrogens is 1. The number of aliphatic hydroxyl groups is 1. The molecule has 0 unspecified atom stereocenters. The van der Waals surface area contributed by atoms with E-state index in [0.717, 1.165) is 44.1 Å². The molecule has 0 spiro atoms. The molecule has 6 nitrogen and oxygen atoms in total. The summed E-state index contributed by atoms with van der Waals surface area (Å²) in [4.78, 5) is 15.4. The molecule has 5 rings (SSSR count). The summed E-state index contributed by atoms with van der Waals surface area (Å²) in [5, 5.41) is 9.17. The quantitative estimate of drug-likeness (QED) is 0.769. The first-order valence-corrected chi connectivity index (χ1v) is 9.39. The second-order valence-corrected chi connectivity index (χ2v) is 7.58. The van der Waals surface area contributed by atoms with Crippen LogP contribution in [0.5, 0.6) is 0 Å². The molecular formula is C21H22N2O4. The Kier molecular flexibility index (Phi) is 4.02. The molecule has 0 aliphatic carbocycles. The number of nitrogens with zero attached hydrogens (tertiary/aromatic N) is 2. The minimum Gasteiger partial charge on any atom is -0.464 e. The van der Waals surface area contributed by atoms with Crippen LogP contribution in [0.15, 0.2) is 56.3 Å². The Bertz CT molecular complexity index is 1000. The van der Waals surface area contributed by atoms with Crippen molar-refractivity contribution in [1.29, 1.82) is 0 Å². The van der Waals surface area contributed by atoms with Crippen molar-refractivity contribution in [3.8, 4) is 11.3 Å². The normalized spacial score (nSPS) is 22.0. The first kappa shape index (κ1) is 16.6. The Labute approximate surface area is 156 Å². The summed E-state index contributed by atoms with van der Waals surface area (Å²) in [5.41, 5.74) is 1.80. The van der Waals surface area contributed by atoms with E-state index in [0.29, 0.717) is 28.9 Å². The summed E-state index contributed by atoms with van der Waals surface area (Å²) in [6.07, 6.45) is 2.72. The van der Waals surface area contributed by atoms with Gasteiger partial charge in [0.25, 0.3) is 5.56 Å². The molecule has 2 aliphatic heterocycles. The summed E-state index contributed by atoms with van der Waals surface area (Å²) >= 11 is 0. The maximum Gasteiger partial charge on any atom is 0.261 e. The molecule has 1 fully saturated rings. The average Bonchev–Trinajstić information content (AvgIpc) is 3.34. The number of fused-ring (bicyclic) bond motifs is 4. The van der Waals surface area contributed by atoms with Crippen molar-refractivity contribution in [2.24, 2.45) is 5.92 Å². The van der Waals surface area contributed by atoms with E-state index in [1.807, 2.05) is 34.9 Å². The van der Waals surface area contributed by atoms with Crippen LogP contribution in [0.2, 0.25) is 0 Å². The molecule has 5 heterocycles. The van der Waals surface area contributed by atoms with Crippen LogP contribution in [-0.4, -0.2) is 27.7 Å². The highest BCUT2D eigenvalue weighted by Gasteiger charge is 2.35. The monoisotopic (exact) mass is 366 g/mol. The Hall–Kier alpha value is -2.57. The third-order valence-corrected chi connectivity index (χ3v) is 5.72. The number of hydrogen-bond acceptors (Lipinski definition) is 5. The van der Waals surface area contributed by atoms with Gasteiger partial charge in [-0.1, -0.05) is 0 Å². The van der Waals surface area contributed by atoms with Crippen LogP contribution in [0, 0.1) is 5.92 Å². The van der Waals surface area contributed by atoms with Gasteiger partial charge >= 0.3 is 0 Å². The predicted octanol–water partition coefficient (Wildman–Crippen LogP) is 2.81. The molecule has 0 radical (unpaired) electrons. The van der Waals surface area contributed by atoms with Gasteiger partial charge < -0.3 is 18.5 Å². The number of pyridine rings is 1.